The van der Waals surface area contributed by atoms with Gasteiger partial charge < -0.3 is 5.32 Å². The third-order valence-electron chi connectivity index (χ3n) is 2.04. The molecule has 0 saturated heterocycles. The van der Waals surface area contributed by atoms with Gasteiger partial charge in [0.15, 0.2) is 5.82 Å². The van der Waals surface area contributed by atoms with Gasteiger partial charge in [0.05, 0.1) is 6.54 Å². The molecule has 0 fully saturated rings. The topological polar surface area (TPSA) is 110 Å². The molecule has 0 aliphatic heterocycles. The van der Waals surface area contributed by atoms with Crippen molar-refractivity contribution in [2.45, 2.75) is 6.54 Å². The minimum absolute atomic E-state index is 0.334. The number of nitrogens with zero attached hydrogens (tertiary/aromatic N) is 7. The summed E-state index contributed by atoms with van der Waals surface area (Å²) in [6, 6.07) is 1.64. The summed E-state index contributed by atoms with van der Waals surface area (Å²) >= 11 is 5.86. The normalized spacial score (nSPS) is 10.9. The second kappa shape index (κ2) is 3.94. The van der Waals surface area contributed by atoms with Crippen LogP contribution in [-0.2, 0) is 6.54 Å². The van der Waals surface area contributed by atoms with Crippen LogP contribution in [0.5, 0.6) is 0 Å². The van der Waals surface area contributed by atoms with Gasteiger partial charge in [-0.05, 0) is 0 Å². The van der Waals surface area contributed by atoms with Crippen LogP contribution < -0.4 is 5.32 Å². The minimum Gasteiger partial charge on any atom is -0.362 e. The predicted octanol–water partition coefficient (Wildman–Crippen LogP) is -0.0971. The maximum absolute atomic E-state index is 5.86. The Balaban J connectivity index is 1.91. The van der Waals surface area contributed by atoms with Crippen LogP contribution in [0.3, 0.4) is 0 Å². The molecule has 3 aromatic rings. The van der Waals surface area contributed by atoms with E-state index in [4.69, 9.17) is 11.6 Å². The summed E-state index contributed by atoms with van der Waals surface area (Å²) in [5.41, 5.74) is 0. The maximum Gasteiger partial charge on any atom is 0.255 e. The summed E-state index contributed by atoms with van der Waals surface area (Å²) in [5, 5.41) is 20.9. The molecule has 9 nitrogen and oxygen atoms in total. The van der Waals surface area contributed by atoms with Gasteiger partial charge in [-0.3, -0.25) is 0 Å². The van der Waals surface area contributed by atoms with E-state index in [1.54, 1.807) is 6.07 Å². The van der Waals surface area contributed by atoms with Crippen molar-refractivity contribution >= 4 is 23.2 Å². The van der Waals surface area contributed by atoms with Crippen molar-refractivity contribution in [1.82, 2.24) is 40.2 Å². The smallest absolute Gasteiger partial charge is 0.255 e. The second-order valence-corrected chi connectivity index (χ2v) is 3.50. The summed E-state index contributed by atoms with van der Waals surface area (Å²) in [7, 11) is 0. The standard InChI is InChI=1S/C7H6ClN9/c8-4-1-6(9-2-5-13-15-16-14-5)17-7(12-4)10-3-11-17/h1,3,9H,2H2,(H,13,14,15,16). The van der Waals surface area contributed by atoms with Crippen LogP contribution in [0.2, 0.25) is 5.15 Å². The van der Waals surface area contributed by atoms with E-state index in [-0.39, 0.29) is 0 Å². The largest absolute Gasteiger partial charge is 0.362 e. The SMILES string of the molecule is Clc1cc(NCc2nn[nH]n2)n2ncnc2n1. The predicted molar refractivity (Wildman–Crippen MR) is 57.3 cm³/mol. The fourth-order valence-electron chi connectivity index (χ4n) is 1.34. The summed E-state index contributed by atoms with van der Waals surface area (Å²) in [6.45, 7) is 0.395. The number of hydrogen-bond donors (Lipinski definition) is 2. The highest BCUT2D eigenvalue weighted by atomic mass is 35.5. The average molecular weight is 252 g/mol. The first-order valence-electron chi connectivity index (χ1n) is 4.65. The monoisotopic (exact) mass is 251 g/mol. The highest BCUT2D eigenvalue weighted by Crippen LogP contribution is 2.14. The second-order valence-electron chi connectivity index (χ2n) is 3.12. The van der Waals surface area contributed by atoms with Gasteiger partial charge in [0.25, 0.3) is 5.78 Å². The Kier molecular flexibility index (Phi) is 2.29. The van der Waals surface area contributed by atoms with Gasteiger partial charge in [0.1, 0.15) is 17.3 Å². The van der Waals surface area contributed by atoms with Crippen molar-refractivity contribution in [3.63, 3.8) is 0 Å². The van der Waals surface area contributed by atoms with Crippen LogP contribution in [0.25, 0.3) is 5.78 Å². The quantitative estimate of drug-likeness (QED) is 0.626. The Hall–Kier alpha value is -2.29. The molecule has 0 atom stereocenters. The van der Waals surface area contributed by atoms with Crippen molar-refractivity contribution in [1.29, 1.82) is 0 Å². The number of hydrogen-bond acceptors (Lipinski definition) is 7. The Morgan fingerprint density at radius 1 is 1.47 bits per heavy atom. The number of nitrogens with one attached hydrogen (secondary N) is 2. The molecular formula is C7H6ClN9. The molecule has 0 radical (unpaired) electrons. The third kappa shape index (κ3) is 1.87. The Labute approximate surface area is 99.2 Å². The Morgan fingerprint density at radius 3 is 3.24 bits per heavy atom. The van der Waals surface area contributed by atoms with Crippen LogP contribution in [0.4, 0.5) is 5.82 Å². The van der Waals surface area contributed by atoms with Crippen LogP contribution in [0, 0.1) is 0 Å². The lowest BCUT2D eigenvalue weighted by atomic mass is 10.5. The van der Waals surface area contributed by atoms with E-state index in [0.29, 0.717) is 29.1 Å². The Bertz CT molecular complexity index is 630. The van der Waals surface area contributed by atoms with E-state index >= 15 is 0 Å². The molecule has 2 N–H and O–H groups in total. The minimum atomic E-state index is 0.334. The first kappa shape index (κ1) is 9.90. The molecule has 3 rings (SSSR count). The number of rotatable bonds is 3. The molecule has 10 heteroatoms. The number of aromatic nitrogens is 8. The van der Waals surface area contributed by atoms with Gasteiger partial charge >= 0.3 is 0 Å². The summed E-state index contributed by atoms with van der Waals surface area (Å²) in [4.78, 5) is 7.96. The summed E-state index contributed by atoms with van der Waals surface area (Å²) in [5.74, 6) is 1.61. The first-order chi connectivity index (χ1) is 8.33. The number of halogens is 1. The summed E-state index contributed by atoms with van der Waals surface area (Å²) < 4.78 is 1.53. The molecule has 0 aromatic carbocycles. The highest BCUT2D eigenvalue weighted by Gasteiger charge is 2.07. The van der Waals surface area contributed by atoms with Crippen LogP contribution in [0.1, 0.15) is 5.82 Å². The fraction of sp³-hybridized carbons (Fsp3) is 0.143. The van der Waals surface area contributed by atoms with E-state index in [2.05, 4.69) is 41.0 Å². The lowest BCUT2D eigenvalue weighted by molar-refractivity contribution is 0.881. The molecule has 86 valence electrons. The summed E-state index contributed by atoms with van der Waals surface area (Å²) in [6.07, 6.45) is 1.40. The van der Waals surface area contributed by atoms with E-state index < -0.39 is 0 Å². The lowest BCUT2D eigenvalue weighted by Crippen LogP contribution is -2.07. The maximum atomic E-state index is 5.86. The molecule has 17 heavy (non-hydrogen) atoms. The number of aromatic amines is 1. The van der Waals surface area contributed by atoms with Crippen LogP contribution >= 0.6 is 11.6 Å². The Morgan fingerprint density at radius 2 is 2.41 bits per heavy atom. The fourth-order valence-corrected chi connectivity index (χ4v) is 1.52. The third-order valence-corrected chi connectivity index (χ3v) is 2.23. The lowest BCUT2D eigenvalue weighted by Gasteiger charge is -2.05. The zero-order valence-electron chi connectivity index (χ0n) is 8.37. The number of fused-ring (bicyclic) bond motifs is 1. The first-order valence-corrected chi connectivity index (χ1v) is 5.03. The molecule has 0 spiro atoms. The molecule has 0 aliphatic rings. The van der Waals surface area contributed by atoms with Gasteiger partial charge in [-0.2, -0.15) is 24.8 Å². The molecule has 0 amide bonds. The van der Waals surface area contributed by atoms with Crippen molar-refractivity contribution in [2.24, 2.45) is 0 Å². The van der Waals surface area contributed by atoms with E-state index in [1.165, 1.54) is 10.8 Å². The van der Waals surface area contributed by atoms with Gasteiger partial charge in [0.2, 0.25) is 0 Å². The van der Waals surface area contributed by atoms with Crippen LogP contribution in [-0.4, -0.2) is 40.2 Å². The molecule has 0 bridgehead atoms. The number of tetrazole rings is 1. The molecule has 3 heterocycles. The molecule has 0 saturated carbocycles. The molecule has 0 aliphatic carbocycles. The number of H-pyrrole nitrogens is 1. The molecule has 3 aromatic heterocycles. The van der Waals surface area contributed by atoms with Gasteiger partial charge in [-0.25, -0.2) is 0 Å². The number of anilines is 1. The van der Waals surface area contributed by atoms with Gasteiger partial charge in [-0.15, -0.1) is 10.2 Å². The zero-order valence-corrected chi connectivity index (χ0v) is 9.13. The van der Waals surface area contributed by atoms with Crippen molar-refractivity contribution in [2.75, 3.05) is 5.32 Å². The zero-order chi connectivity index (χ0) is 11.7. The van der Waals surface area contributed by atoms with E-state index in [0.717, 1.165) is 0 Å². The van der Waals surface area contributed by atoms with Crippen LogP contribution in [0.15, 0.2) is 12.4 Å². The highest BCUT2D eigenvalue weighted by molar-refractivity contribution is 6.29. The van der Waals surface area contributed by atoms with Gasteiger partial charge in [0, 0.05) is 6.07 Å². The van der Waals surface area contributed by atoms with E-state index in [1.807, 2.05) is 0 Å². The van der Waals surface area contributed by atoms with Crippen molar-refractivity contribution < 1.29 is 0 Å². The van der Waals surface area contributed by atoms with Crippen molar-refractivity contribution in [3.8, 4) is 0 Å². The van der Waals surface area contributed by atoms with E-state index in [9.17, 15) is 0 Å². The molecular weight excluding hydrogens is 246 g/mol. The average Bonchev–Trinajstić information content (AvgIpc) is 2.95. The van der Waals surface area contributed by atoms with Crippen molar-refractivity contribution in [3.05, 3.63) is 23.4 Å². The van der Waals surface area contributed by atoms with Gasteiger partial charge in [-0.1, -0.05) is 16.8 Å². The molecule has 0 unspecified atom stereocenters.